The predicted molar refractivity (Wildman–Crippen MR) is 108 cm³/mol. The summed E-state index contributed by atoms with van der Waals surface area (Å²) in [7, 11) is 1.94. The van der Waals surface area contributed by atoms with Crippen LogP contribution in [0.3, 0.4) is 0 Å². The SMILES string of the molecule is CCOC(=O)C1=C(C)Nc2c(c(C(C)C)nn2C)C1c1cc(C)ccc1C. The van der Waals surface area contributed by atoms with Crippen LogP contribution in [0.5, 0.6) is 0 Å². The van der Waals surface area contributed by atoms with E-state index in [-0.39, 0.29) is 17.8 Å². The van der Waals surface area contributed by atoms with Gasteiger partial charge in [0.1, 0.15) is 5.82 Å². The van der Waals surface area contributed by atoms with Crippen molar-refractivity contribution < 1.29 is 9.53 Å². The Labute approximate surface area is 161 Å². The highest BCUT2D eigenvalue weighted by Crippen LogP contribution is 2.46. The molecule has 27 heavy (non-hydrogen) atoms. The Morgan fingerprint density at radius 3 is 2.63 bits per heavy atom. The average Bonchev–Trinajstić information content (AvgIpc) is 2.93. The lowest BCUT2D eigenvalue weighted by molar-refractivity contribution is -0.138. The standard InChI is InChI=1S/C22H29N3O2/c1-8-27-22(26)17-15(6)23-21-19(20(12(2)3)24-25(21)7)18(17)16-11-13(4)9-10-14(16)5/h9-12,18,23H,8H2,1-7H3. The average molecular weight is 367 g/mol. The molecule has 2 heterocycles. The molecule has 0 bridgehead atoms. The number of hydrogen-bond donors (Lipinski definition) is 1. The second kappa shape index (κ2) is 7.22. The zero-order valence-electron chi connectivity index (χ0n) is 17.3. The maximum Gasteiger partial charge on any atom is 0.336 e. The van der Waals surface area contributed by atoms with Crippen molar-refractivity contribution in [3.05, 3.63) is 57.4 Å². The quantitative estimate of drug-likeness (QED) is 0.805. The number of aryl methyl sites for hydroxylation is 3. The van der Waals surface area contributed by atoms with Crippen molar-refractivity contribution in [2.24, 2.45) is 7.05 Å². The van der Waals surface area contributed by atoms with E-state index in [1.54, 1.807) is 0 Å². The Morgan fingerprint density at radius 1 is 1.30 bits per heavy atom. The van der Waals surface area contributed by atoms with Crippen molar-refractivity contribution in [2.75, 3.05) is 11.9 Å². The summed E-state index contributed by atoms with van der Waals surface area (Å²) in [5.41, 5.74) is 7.06. The lowest BCUT2D eigenvalue weighted by Gasteiger charge is -2.30. The summed E-state index contributed by atoms with van der Waals surface area (Å²) >= 11 is 0. The summed E-state index contributed by atoms with van der Waals surface area (Å²) in [6.07, 6.45) is 0. The van der Waals surface area contributed by atoms with Gasteiger partial charge in [0.15, 0.2) is 0 Å². The first kappa shape index (κ1) is 19.2. The Bertz CT molecular complexity index is 922. The number of nitrogens with one attached hydrogen (secondary N) is 1. The van der Waals surface area contributed by atoms with Gasteiger partial charge in [-0.25, -0.2) is 4.79 Å². The van der Waals surface area contributed by atoms with Gasteiger partial charge in [-0.2, -0.15) is 5.10 Å². The first-order chi connectivity index (χ1) is 12.8. The van der Waals surface area contributed by atoms with E-state index in [1.807, 2.05) is 25.6 Å². The van der Waals surface area contributed by atoms with Crippen LogP contribution in [0, 0.1) is 13.8 Å². The van der Waals surface area contributed by atoms with Crippen molar-refractivity contribution in [3.63, 3.8) is 0 Å². The van der Waals surface area contributed by atoms with Crippen LogP contribution in [0.4, 0.5) is 5.82 Å². The number of carbonyl (C=O) groups is 1. The van der Waals surface area contributed by atoms with Crippen LogP contribution in [0.1, 0.15) is 67.5 Å². The third-order valence-corrected chi connectivity index (χ3v) is 5.19. The molecule has 1 aliphatic heterocycles. The molecule has 1 atom stereocenters. The molecule has 1 aliphatic rings. The zero-order valence-corrected chi connectivity index (χ0v) is 17.3. The van der Waals surface area contributed by atoms with Crippen LogP contribution < -0.4 is 5.32 Å². The van der Waals surface area contributed by atoms with E-state index in [0.29, 0.717) is 12.2 Å². The summed E-state index contributed by atoms with van der Waals surface area (Å²) in [5.74, 6) is 0.746. The highest BCUT2D eigenvalue weighted by Gasteiger charge is 2.38. The number of fused-ring (bicyclic) bond motifs is 1. The molecule has 0 saturated heterocycles. The Morgan fingerprint density at radius 2 is 2.00 bits per heavy atom. The van der Waals surface area contributed by atoms with Crippen LogP contribution in [0.2, 0.25) is 0 Å². The number of benzene rings is 1. The summed E-state index contributed by atoms with van der Waals surface area (Å²) in [6.45, 7) is 12.6. The fraction of sp³-hybridized carbons (Fsp3) is 0.455. The van der Waals surface area contributed by atoms with Crippen molar-refractivity contribution >= 4 is 11.8 Å². The first-order valence-corrected chi connectivity index (χ1v) is 9.55. The number of nitrogens with zero attached hydrogens (tertiary/aromatic N) is 2. The molecular weight excluding hydrogens is 338 g/mol. The summed E-state index contributed by atoms with van der Waals surface area (Å²) in [4.78, 5) is 12.9. The van der Waals surface area contributed by atoms with Gasteiger partial charge in [0.25, 0.3) is 0 Å². The maximum absolute atomic E-state index is 12.9. The van der Waals surface area contributed by atoms with Gasteiger partial charge in [-0.15, -0.1) is 0 Å². The number of ether oxygens (including phenoxy) is 1. The molecule has 0 radical (unpaired) electrons. The number of carbonyl (C=O) groups excluding carboxylic acids is 1. The van der Waals surface area contributed by atoms with Crippen molar-refractivity contribution in [1.82, 2.24) is 9.78 Å². The molecule has 5 heteroatoms. The van der Waals surface area contributed by atoms with Crippen LogP contribution in [-0.2, 0) is 16.6 Å². The second-order valence-electron chi connectivity index (χ2n) is 7.60. The second-order valence-corrected chi connectivity index (χ2v) is 7.60. The molecule has 0 aliphatic carbocycles. The topological polar surface area (TPSA) is 56.1 Å². The Hall–Kier alpha value is -2.56. The maximum atomic E-state index is 12.9. The van der Waals surface area contributed by atoms with E-state index in [4.69, 9.17) is 9.84 Å². The molecule has 1 N–H and O–H groups in total. The molecule has 5 nitrogen and oxygen atoms in total. The number of allylic oxidation sites excluding steroid dienone is 1. The van der Waals surface area contributed by atoms with E-state index in [1.165, 1.54) is 5.56 Å². The smallest absolute Gasteiger partial charge is 0.336 e. The molecule has 3 rings (SSSR count). The van der Waals surface area contributed by atoms with E-state index in [2.05, 4.69) is 51.2 Å². The summed E-state index contributed by atoms with van der Waals surface area (Å²) < 4.78 is 7.31. The van der Waals surface area contributed by atoms with Gasteiger partial charge in [-0.05, 0) is 44.7 Å². The largest absolute Gasteiger partial charge is 0.463 e. The highest BCUT2D eigenvalue weighted by molar-refractivity contribution is 5.94. The number of aromatic nitrogens is 2. The fourth-order valence-electron chi connectivity index (χ4n) is 3.89. The highest BCUT2D eigenvalue weighted by atomic mass is 16.5. The van der Waals surface area contributed by atoms with Crippen LogP contribution in [0.15, 0.2) is 29.5 Å². The van der Waals surface area contributed by atoms with Gasteiger partial charge in [0.2, 0.25) is 0 Å². The number of anilines is 1. The van der Waals surface area contributed by atoms with E-state index >= 15 is 0 Å². The van der Waals surface area contributed by atoms with Crippen molar-refractivity contribution in [1.29, 1.82) is 0 Å². The minimum absolute atomic E-state index is 0.189. The minimum atomic E-state index is -0.266. The normalized spacial score (nSPS) is 16.4. The van der Waals surface area contributed by atoms with Crippen molar-refractivity contribution in [3.8, 4) is 0 Å². The molecule has 0 saturated carbocycles. The van der Waals surface area contributed by atoms with Gasteiger partial charge in [0, 0.05) is 24.2 Å². The first-order valence-electron chi connectivity index (χ1n) is 9.55. The van der Waals surface area contributed by atoms with Gasteiger partial charge < -0.3 is 10.1 Å². The molecule has 0 amide bonds. The van der Waals surface area contributed by atoms with E-state index < -0.39 is 0 Å². The van der Waals surface area contributed by atoms with Gasteiger partial charge in [-0.1, -0.05) is 37.6 Å². The third-order valence-electron chi connectivity index (χ3n) is 5.19. The third kappa shape index (κ3) is 3.27. The predicted octanol–water partition coefficient (Wildman–Crippen LogP) is 4.55. The molecule has 1 aromatic carbocycles. The molecule has 0 fully saturated rings. The molecule has 144 valence electrons. The van der Waals surface area contributed by atoms with Gasteiger partial charge in [0.05, 0.1) is 17.9 Å². The Kier molecular flexibility index (Phi) is 5.13. The zero-order chi connectivity index (χ0) is 19.9. The van der Waals surface area contributed by atoms with Crippen LogP contribution in [0.25, 0.3) is 0 Å². The van der Waals surface area contributed by atoms with E-state index in [9.17, 15) is 4.79 Å². The van der Waals surface area contributed by atoms with Crippen LogP contribution >= 0.6 is 0 Å². The Balaban J connectivity index is 2.33. The lowest BCUT2D eigenvalue weighted by Crippen LogP contribution is -2.26. The molecule has 1 unspecified atom stereocenters. The van der Waals surface area contributed by atoms with Gasteiger partial charge in [-0.3, -0.25) is 4.68 Å². The van der Waals surface area contributed by atoms with E-state index in [0.717, 1.165) is 33.9 Å². The molecule has 1 aromatic heterocycles. The lowest BCUT2D eigenvalue weighted by atomic mass is 9.78. The van der Waals surface area contributed by atoms with Crippen molar-refractivity contribution in [2.45, 2.75) is 53.4 Å². The summed E-state index contributed by atoms with van der Waals surface area (Å²) in [5, 5.41) is 8.18. The summed E-state index contributed by atoms with van der Waals surface area (Å²) in [6, 6.07) is 6.41. The number of hydrogen-bond acceptors (Lipinski definition) is 4. The minimum Gasteiger partial charge on any atom is -0.463 e. The number of esters is 1. The van der Waals surface area contributed by atoms with Gasteiger partial charge >= 0.3 is 5.97 Å². The monoisotopic (exact) mass is 367 g/mol. The number of rotatable bonds is 4. The molecular formula is C22H29N3O2. The van der Waals surface area contributed by atoms with Crippen LogP contribution in [-0.4, -0.2) is 22.4 Å². The fourth-order valence-corrected chi connectivity index (χ4v) is 3.89. The molecule has 0 spiro atoms. The molecule has 2 aromatic rings.